The van der Waals surface area contributed by atoms with Crippen LogP contribution in [0, 0.1) is 0 Å². The lowest BCUT2D eigenvalue weighted by Crippen LogP contribution is -2.55. The van der Waals surface area contributed by atoms with Gasteiger partial charge in [0, 0.05) is 46.9 Å². The number of rotatable bonds is 8. The maximum absolute atomic E-state index is 14.2. The van der Waals surface area contributed by atoms with Crippen molar-refractivity contribution < 1.29 is 28.7 Å². The van der Waals surface area contributed by atoms with Crippen molar-refractivity contribution in [2.75, 3.05) is 23.4 Å². The fourth-order valence-electron chi connectivity index (χ4n) is 8.54. The van der Waals surface area contributed by atoms with Gasteiger partial charge in [0.15, 0.2) is 0 Å². The highest BCUT2D eigenvalue weighted by Gasteiger charge is 2.43. The second-order valence-corrected chi connectivity index (χ2v) is 16.0. The van der Waals surface area contributed by atoms with Crippen molar-refractivity contribution in [3.63, 3.8) is 0 Å². The van der Waals surface area contributed by atoms with Crippen LogP contribution in [0.3, 0.4) is 0 Å². The molecule has 4 aromatic rings. The molecule has 1 aromatic heterocycles. The highest BCUT2D eigenvalue weighted by atomic mass is 16.6. The molecule has 3 aromatic carbocycles. The van der Waals surface area contributed by atoms with Crippen LogP contribution >= 0.6 is 0 Å². The summed E-state index contributed by atoms with van der Waals surface area (Å²) in [6.07, 6.45) is 11.1. The first-order valence-corrected chi connectivity index (χ1v) is 19.8. The smallest absolute Gasteiger partial charge is 0.414 e. The van der Waals surface area contributed by atoms with Crippen molar-refractivity contribution in [2.24, 2.45) is 0 Å². The third-order valence-electron chi connectivity index (χ3n) is 11.1. The van der Waals surface area contributed by atoms with Crippen LogP contribution in [0.15, 0.2) is 72.8 Å². The van der Waals surface area contributed by atoms with E-state index in [-0.39, 0.29) is 17.9 Å². The molecule has 0 atom stereocenters. The van der Waals surface area contributed by atoms with Crippen LogP contribution in [0.1, 0.15) is 113 Å². The summed E-state index contributed by atoms with van der Waals surface area (Å²) in [6, 6.07) is 21.2. The van der Waals surface area contributed by atoms with E-state index in [1.807, 2.05) is 63.2 Å². The predicted molar refractivity (Wildman–Crippen MR) is 216 cm³/mol. The molecule has 2 heterocycles. The Kier molecular flexibility index (Phi) is 10.9. The van der Waals surface area contributed by atoms with Gasteiger partial charge in [0.25, 0.3) is 5.91 Å². The molecular formula is C45H52N4O6. The van der Waals surface area contributed by atoms with E-state index >= 15 is 0 Å². The van der Waals surface area contributed by atoms with E-state index in [1.165, 1.54) is 30.9 Å². The molecular weight excluding hydrogens is 693 g/mol. The van der Waals surface area contributed by atoms with Gasteiger partial charge in [-0.1, -0.05) is 68.5 Å². The lowest BCUT2D eigenvalue weighted by molar-refractivity contribution is -0.137. The quantitative estimate of drug-likeness (QED) is 0.137. The van der Waals surface area contributed by atoms with Gasteiger partial charge in [-0.3, -0.25) is 14.5 Å². The number of hydrogen-bond donors (Lipinski definition) is 2. The van der Waals surface area contributed by atoms with Gasteiger partial charge in [0.05, 0.1) is 18.0 Å². The predicted octanol–water partition coefficient (Wildman–Crippen LogP) is 9.37. The normalized spacial score (nSPS) is 17.0. The van der Waals surface area contributed by atoms with Crippen LogP contribution in [0.2, 0.25) is 0 Å². The molecule has 0 radical (unpaired) electrons. The monoisotopic (exact) mass is 744 g/mol. The Bertz CT molecular complexity index is 2110. The Morgan fingerprint density at radius 3 is 2.33 bits per heavy atom. The van der Waals surface area contributed by atoms with Crippen LogP contribution in [0.4, 0.5) is 16.2 Å². The summed E-state index contributed by atoms with van der Waals surface area (Å²) in [5.41, 5.74) is 5.34. The van der Waals surface area contributed by atoms with Gasteiger partial charge < -0.3 is 24.7 Å². The molecule has 0 saturated heterocycles. The standard InChI is InChI=1S/C45H52N4O6/c1-5-54-38(50)24-19-30-17-21-33(22-18-30)46-42(52)45(25-11-12-26-45)47-41(51)32-20-23-34-37(29-32)48-27-28-49(43(53)55-44(2,3)4)36-16-10-9-15-35(36)40(48)39(34)31-13-7-6-8-14-31/h9-10,15-24,29,31H,5-8,11-14,25-28H2,1-4H3,(H,46,52)(H,47,51). The second-order valence-electron chi connectivity index (χ2n) is 16.0. The van der Waals surface area contributed by atoms with Gasteiger partial charge in [0.2, 0.25) is 5.91 Å². The molecule has 2 aliphatic carbocycles. The summed E-state index contributed by atoms with van der Waals surface area (Å²) in [5.74, 6) is -0.589. The third kappa shape index (κ3) is 8.04. The molecule has 10 heteroatoms. The fraction of sp³-hybridized carbons (Fsp3) is 0.422. The third-order valence-corrected chi connectivity index (χ3v) is 11.1. The molecule has 55 heavy (non-hydrogen) atoms. The number of esters is 1. The first kappa shape index (κ1) is 37.9. The molecule has 2 fully saturated rings. The van der Waals surface area contributed by atoms with E-state index in [2.05, 4.69) is 27.3 Å². The summed E-state index contributed by atoms with van der Waals surface area (Å²) in [6.45, 7) is 8.65. The maximum Gasteiger partial charge on any atom is 0.414 e. The summed E-state index contributed by atoms with van der Waals surface area (Å²) >= 11 is 0. The van der Waals surface area contributed by atoms with Crippen LogP contribution in [-0.4, -0.2) is 52.7 Å². The Labute approximate surface area is 323 Å². The van der Waals surface area contributed by atoms with E-state index < -0.39 is 17.1 Å². The second kappa shape index (κ2) is 15.8. The average Bonchev–Trinajstić information content (AvgIpc) is 3.73. The highest BCUT2D eigenvalue weighted by molar-refractivity contribution is 6.06. The van der Waals surface area contributed by atoms with E-state index in [4.69, 9.17) is 9.47 Å². The lowest BCUT2D eigenvalue weighted by atomic mass is 9.81. The molecule has 0 unspecified atom stereocenters. The van der Waals surface area contributed by atoms with E-state index in [9.17, 15) is 19.2 Å². The topological polar surface area (TPSA) is 119 Å². The number of nitrogens with one attached hydrogen (secondary N) is 2. The molecule has 3 aliphatic rings. The molecule has 2 N–H and O–H groups in total. The summed E-state index contributed by atoms with van der Waals surface area (Å²) in [4.78, 5) is 55.3. The number of carbonyl (C=O) groups is 4. The Hall–Kier alpha value is -5.38. The zero-order valence-electron chi connectivity index (χ0n) is 32.4. The summed E-state index contributed by atoms with van der Waals surface area (Å²) in [7, 11) is 0. The molecule has 288 valence electrons. The van der Waals surface area contributed by atoms with Crippen LogP contribution in [0.5, 0.6) is 0 Å². The summed E-state index contributed by atoms with van der Waals surface area (Å²) in [5, 5.41) is 7.34. The largest absolute Gasteiger partial charge is 0.463 e. The zero-order chi connectivity index (χ0) is 38.7. The van der Waals surface area contributed by atoms with Crippen molar-refractivity contribution in [3.05, 3.63) is 89.5 Å². The number of carbonyl (C=O) groups excluding carboxylic acids is 4. The number of fused-ring (bicyclic) bond motifs is 5. The Morgan fingerprint density at radius 1 is 0.891 bits per heavy atom. The number of aromatic nitrogens is 1. The molecule has 7 rings (SSSR count). The van der Waals surface area contributed by atoms with Gasteiger partial charge in [-0.2, -0.15) is 0 Å². The van der Waals surface area contributed by atoms with Crippen molar-refractivity contribution in [2.45, 2.75) is 109 Å². The average molecular weight is 745 g/mol. The minimum absolute atomic E-state index is 0.246. The number of amides is 3. The van der Waals surface area contributed by atoms with Gasteiger partial charge in [-0.25, -0.2) is 9.59 Å². The number of para-hydroxylation sites is 1. The van der Waals surface area contributed by atoms with Crippen LogP contribution < -0.4 is 15.5 Å². The molecule has 0 bridgehead atoms. The first-order valence-electron chi connectivity index (χ1n) is 19.8. The number of benzene rings is 3. The molecule has 10 nitrogen and oxygen atoms in total. The van der Waals surface area contributed by atoms with Gasteiger partial charge >= 0.3 is 12.1 Å². The van der Waals surface area contributed by atoms with E-state index in [0.29, 0.717) is 49.7 Å². The zero-order valence-corrected chi connectivity index (χ0v) is 32.4. The van der Waals surface area contributed by atoms with Crippen LogP contribution in [0.25, 0.3) is 28.2 Å². The van der Waals surface area contributed by atoms with Crippen molar-refractivity contribution in [1.82, 2.24) is 9.88 Å². The van der Waals surface area contributed by atoms with Crippen molar-refractivity contribution in [3.8, 4) is 11.3 Å². The van der Waals surface area contributed by atoms with Crippen LogP contribution in [-0.2, 0) is 25.6 Å². The number of anilines is 2. The molecule has 2 saturated carbocycles. The van der Waals surface area contributed by atoms with Gasteiger partial charge in [-0.05, 0) is 107 Å². The van der Waals surface area contributed by atoms with Gasteiger partial charge in [0.1, 0.15) is 11.1 Å². The van der Waals surface area contributed by atoms with E-state index in [0.717, 1.165) is 59.1 Å². The maximum atomic E-state index is 14.2. The first-order chi connectivity index (χ1) is 26.5. The SMILES string of the molecule is CCOC(=O)C=Cc1ccc(NC(=O)C2(NC(=O)c3ccc4c(C5CCCCC5)c5n(c4c3)CCN(C(=O)OC(C)(C)C)c3ccccc3-5)CCCC2)cc1. The van der Waals surface area contributed by atoms with Crippen molar-refractivity contribution in [1.29, 1.82) is 0 Å². The lowest BCUT2D eigenvalue weighted by Gasteiger charge is -2.29. The van der Waals surface area contributed by atoms with E-state index in [1.54, 1.807) is 30.0 Å². The fourth-order valence-corrected chi connectivity index (χ4v) is 8.54. The molecule has 3 amide bonds. The Balaban J connectivity index is 1.19. The summed E-state index contributed by atoms with van der Waals surface area (Å²) < 4.78 is 13.1. The molecule has 0 spiro atoms. The van der Waals surface area contributed by atoms with Gasteiger partial charge in [-0.15, -0.1) is 0 Å². The minimum atomic E-state index is -1.05. The Morgan fingerprint density at radius 2 is 1.62 bits per heavy atom. The highest BCUT2D eigenvalue weighted by Crippen LogP contribution is 2.47. The number of ether oxygens (including phenoxy) is 2. The number of hydrogen-bond acceptors (Lipinski definition) is 6. The molecule has 1 aliphatic heterocycles. The number of nitrogens with zero attached hydrogens (tertiary/aromatic N) is 2. The minimum Gasteiger partial charge on any atom is -0.463 e. The van der Waals surface area contributed by atoms with Crippen molar-refractivity contribution >= 4 is 52.2 Å².